The molecular weight excluding hydrogens is 321 g/mol. The van der Waals surface area contributed by atoms with Crippen LogP contribution in [0.2, 0.25) is 0 Å². The summed E-state index contributed by atoms with van der Waals surface area (Å²) in [6.45, 7) is 0.273. The van der Waals surface area contributed by atoms with Gasteiger partial charge in [-0.3, -0.25) is 9.59 Å². The molecule has 25 heavy (non-hydrogen) atoms. The standard InChI is InChI=1S/C19H18FN3O2/c1-22(13-14-6-5-7-15(20)12-14)19(25)17-10-11-18(24)23(21-17)16-8-3-2-4-9-16/h2-9,12H,10-11,13H2,1H3. The number of hydrogen-bond acceptors (Lipinski definition) is 3. The zero-order valence-corrected chi connectivity index (χ0v) is 13.9. The molecule has 0 aliphatic carbocycles. The van der Waals surface area contributed by atoms with Crippen molar-refractivity contribution in [3.05, 3.63) is 66.0 Å². The maximum Gasteiger partial charge on any atom is 0.270 e. The molecule has 2 aromatic rings. The zero-order chi connectivity index (χ0) is 17.8. The summed E-state index contributed by atoms with van der Waals surface area (Å²) in [4.78, 5) is 26.2. The molecule has 2 amide bonds. The lowest BCUT2D eigenvalue weighted by atomic mass is 10.1. The molecule has 0 N–H and O–H groups in total. The normalized spacial score (nSPS) is 14.2. The number of halogens is 1. The van der Waals surface area contributed by atoms with Crippen molar-refractivity contribution >= 4 is 23.2 Å². The fraction of sp³-hybridized carbons (Fsp3) is 0.211. The van der Waals surface area contributed by atoms with Crippen LogP contribution in [0.25, 0.3) is 0 Å². The molecule has 0 atom stereocenters. The molecule has 0 saturated carbocycles. The monoisotopic (exact) mass is 339 g/mol. The van der Waals surface area contributed by atoms with Crippen LogP contribution in [0.15, 0.2) is 59.7 Å². The summed E-state index contributed by atoms with van der Waals surface area (Å²) >= 11 is 0. The van der Waals surface area contributed by atoms with Crippen LogP contribution in [-0.2, 0) is 16.1 Å². The molecule has 1 aliphatic rings. The lowest BCUT2D eigenvalue weighted by Gasteiger charge is -2.25. The molecule has 0 unspecified atom stereocenters. The molecule has 3 rings (SSSR count). The lowest BCUT2D eigenvalue weighted by molar-refractivity contribution is -0.123. The van der Waals surface area contributed by atoms with E-state index in [9.17, 15) is 14.0 Å². The highest BCUT2D eigenvalue weighted by Crippen LogP contribution is 2.20. The molecule has 0 fully saturated rings. The fourth-order valence-electron chi connectivity index (χ4n) is 2.68. The van der Waals surface area contributed by atoms with Crippen LogP contribution in [0.4, 0.5) is 10.1 Å². The van der Waals surface area contributed by atoms with Crippen molar-refractivity contribution in [1.82, 2.24) is 4.90 Å². The Kier molecular flexibility index (Phi) is 4.88. The van der Waals surface area contributed by atoms with E-state index in [1.54, 1.807) is 31.3 Å². The van der Waals surface area contributed by atoms with Gasteiger partial charge in [-0.05, 0) is 29.8 Å². The van der Waals surface area contributed by atoms with E-state index < -0.39 is 0 Å². The number of anilines is 1. The van der Waals surface area contributed by atoms with Gasteiger partial charge in [-0.25, -0.2) is 9.40 Å². The summed E-state index contributed by atoms with van der Waals surface area (Å²) in [5.41, 5.74) is 1.65. The van der Waals surface area contributed by atoms with Gasteiger partial charge in [0.15, 0.2) is 0 Å². The highest BCUT2D eigenvalue weighted by Gasteiger charge is 2.27. The first kappa shape index (κ1) is 16.8. The van der Waals surface area contributed by atoms with Crippen molar-refractivity contribution in [2.45, 2.75) is 19.4 Å². The lowest BCUT2D eigenvalue weighted by Crippen LogP contribution is -2.39. The second-order valence-electron chi connectivity index (χ2n) is 5.88. The van der Waals surface area contributed by atoms with Crippen LogP contribution in [0.3, 0.4) is 0 Å². The van der Waals surface area contributed by atoms with Crippen LogP contribution >= 0.6 is 0 Å². The first-order chi connectivity index (χ1) is 12.0. The molecule has 0 saturated heterocycles. The number of hydrogen-bond donors (Lipinski definition) is 0. The number of amides is 2. The Morgan fingerprint density at radius 2 is 1.92 bits per heavy atom. The number of carbonyl (C=O) groups is 2. The van der Waals surface area contributed by atoms with Gasteiger partial charge in [0.1, 0.15) is 11.5 Å². The van der Waals surface area contributed by atoms with Crippen LogP contribution in [0, 0.1) is 5.82 Å². The number of nitrogens with zero attached hydrogens (tertiary/aromatic N) is 3. The van der Waals surface area contributed by atoms with Crippen molar-refractivity contribution < 1.29 is 14.0 Å². The molecule has 6 heteroatoms. The van der Waals surface area contributed by atoms with Crippen molar-refractivity contribution in [2.24, 2.45) is 5.10 Å². The second-order valence-corrected chi connectivity index (χ2v) is 5.88. The zero-order valence-electron chi connectivity index (χ0n) is 13.9. The Labute approximate surface area is 145 Å². The molecule has 128 valence electrons. The molecule has 2 aromatic carbocycles. The van der Waals surface area contributed by atoms with E-state index in [4.69, 9.17) is 0 Å². The van der Waals surface area contributed by atoms with E-state index in [1.807, 2.05) is 18.2 Å². The molecular formula is C19H18FN3O2. The summed E-state index contributed by atoms with van der Waals surface area (Å²) in [6, 6.07) is 15.1. The molecule has 1 aliphatic heterocycles. The Balaban J connectivity index is 1.77. The number of rotatable bonds is 4. The molecule has 0 bridgehead atoms. The van der Waals surface area contributed by atoms with Gasteiger partial charge in [0.2, 0.25) is 5.91 Å². The van der Waals surface area contributed by atoms with E-state index in [0.29, 0.717) is 23.4 Å². The van der Waals surface area contributed by atoms with Gasteiger partial charge in [-0.2, -0.15) is 5.10 Å². The third-order valence-electron chi connectivity index (χ3n) is 3.94. The Bertz CT molecular complexity index is 820. The highest BCUT2D eigenvalue weighted by molar-refractivity contribution is 6.40. The van der Waals surface area contributed by atoms with Crippen molar-refractivity contribution in [3.8, 4) is 0 Å². The Morgan fingerprint density at radius 1 is 1.16 bits per heavy atom. The third kappa shape index (κ3) is 3.91. The molecule has 0 aromatic heterocycles. The van der Waals surface area contributed by atoms with E-state index in [0.717, 1.165) is 0 Å². The van der Waals surface area contributed by atoms with Gasteiger partial charge in [0, 0.05) is 26.4 Å². The largest absolute Gasteiger partial charge is 0.336 e. The summed E-state index contributed by atoms with van der Waals surface area (Å²) in [5, 5.41) is 5.52. The van der Waals surface area contributed by atoms with Gasteiger partial charge < -0.3 is 4.90 Å². The number of carbonyl (C=O) groups excluding carboxylic acids is 2. The Morgan fingerprint density at radius 3 is 2.64 bits per heavy atom. The average molecular weight is 339 g/mol. The highest BCUT2D eigenvalue weighted by atomic mass is 19.1. The van der Waals surface area contributed by atoms with Gasteiger partial charge in [0.25, 0.3) is 5.91 Å². The third-order valence-corrected chi connectivity index (χ3v) is 3.94. The van der Waals surface area contributed by atoms with Gasteiger partial charge in [-0.15, -0.1) is 0 Å². The van der Waals surface area contributed by atoms with Crippen LogP contribution in [-0.4, -0.2) is 29.5 Å². The van der Waals surface area contributed by atoms with Crippen LogP contribution < -0.4 is 5.01 Å². The molecule has 0 radical (unpaired) electrons. The minimum absolute atomic E-state index is 0.143. The van der Waals surface area contributed by atoms with E-state index in [1.165, 1.54) is 22.0 Å². The van der Waals surface area contributed by atoms with Gasteiger partial charge >= 0.3 is 0 Å². The summed E-state index contributed by atoms with van der Waals surface area (Å²) in [5.74, 6) is -0.748. The summed E-state index contributed by atoms with van der Waals surface area (Å²) in [7, 11) is 1.64. The van der Waals surface area contributed by atoms with Crippen LogP contribution in [0.1, 0.15) is 18.4 Å². The van der Waals surface area contributed by atoms with E-state index in [-0.39, 0.29) is 30.6 Å². The number of benzene rings is 2. The Hall–Kier alpha value is -3.02. The molecule has 1 heterocycles. The van der Waals surface area contributed by atoms with Crippen LogP contribution in [0.5, 0.6) is 0 Å². The number of hydrazone groups is 1. The SMILES string of the molecule is CN(Cc1cccc(F)c1)C(=O)C1=NN(c2ccccc2)C(=O)CC1. The summed E-state index contributed by atoms with van der Waals surface area (Å²) in [6.07, 6.45) is 0.530. The maximum absolute atomic E-state index is 13.3. The fourth-order valence-corrected chi connectivity index (χ4v) is 2.68. The van der Waals surface area contributed by atoms with E-state index >= 15 is 0 Å². The smallest absolute Gasteiger partial charge is 0.270 e. The van der Waals surface area contributed by atoms with Crippen molar-refractivity contribution in [2.75, 3.05) is 12.1 Å². The average Bonchev–Trinajstić information content (AvgIpc) is 2.62. The quantitative estimate of drug-likeness (QED) is 0.860. The topological polar surface area (TPSA) is 53.0 Å². The number of para-hydroxylation sites is 1. The maximum atomic E-state index is 13.3. The predicted octanol–water partition coefficient (Wildman–Crippen LogP) is 2.97. The van der Waals surface area contributed by atoms with E-state index in [2.05, 4.69) is 5.10 Å². The molecule has 5 nitrogen and oxygen atoms in total. The first-order valence-electron chi connectivity index (χ1n) is 8.00. The minimum atomic E-state index is -0.339. The van der Waals surface area contributed by atoms with Gasteiger partial charge in [0.05, 0.1) is 5.69 Å². The molecule has 0 spiro atoms. The predicted molar refractivity (Wildman–Crippen MR) is 93.5 cm³/mol. The van der Waals surface area contributed by atoms with Crippen molar-refractivity contribution in [3.63, 3.8) is 0 Å². The summed E-state index contributed by atoms with van der Waals surface area (Å²) < 4.78 is 13.3. The second kappa shape index (κ2) is 7.25. The minimum Gasteiger partial charge on any atom is -0.336 e. The first-order valence-corrected chi connectivity index (χ1v) is 8.00. The van der Waals surface area contributed by atoms with Crippen molar-refractivity contribution in [1.29, 1.82) is 0 Å². The van der Waals surface area contributed by atoms with Gasteiger partial charge in [-0.1, -0.05) is 30.3 Å².